The Kier molecular flexibility index (Phi) is 6.53. The number of hydrogen-bond acceptors (Lipinski definition) is 4. The van der Waals surface area contributed by atoms with Crippen LogP contribution >= 0.6 is 0 Å². The van der Waals surface area contributed by atoms with Crippen LogP contribution < -0.4 is 5.32 Å². The fourth-order valence-electron chi connectivity index (χ4n) is 6.20. The van der Waals surface area contributed by atoms with E-state index < -0.39 is 11.7 Å². The normalized spacial score (nSPS) is 20.5. The molecule has 6 rings (SSSR count). The highest BCUT2D eigenvalue weighted by atomic mass is 19.3. The van der Waals surface area contributed by atoms with Crippen LogP contribution in [0.3, 0.4) is 0 Å². The SMILES string of the molecule is CNC(=O)N1CCn2c(C3CCC(F)(F)CC3)nc(-c3c(F)ccc4cc(C5CCOCC5)ncc34)c2C1. The van der Waals surface area contributed by atoms with Gasteiger partial charge in [0.2, 0.25) is 5.92 Å². The topological polar surface area (TPSA) is 72.3 Å². The minimum atomic E-state index is -2.65. The Labute approximate surface area is 219 Å². The number of aromatic nitrogens is 3. The van der Waals surface area contributed by atoms with Crippen LogP contribution in [0.15, 0.2) is 24.4 Å². The number of nitrogens with zero attached hydrogens (tertiary/aromatic N) is 4. The highest BCUT2D eigenvalue weighted by molar-refractivity contribution is 5.96. The second-order valence-corrected chi connectivity index (χ2v) is 10.7. The Hall–Kier alpha value is -3.14. The number of carbonyl (C=O) groups excluding carboxylic acids is 1. The molecule has 38 heavy (non-hydrogen) atoms. The van der Waals surface area contributed by atoms with Gasteiger partial charge in [-0.15, -0.1) is 0 Å². The maximum absolute atomic E-state index is 15.6. The molecule has 202 valence electrons. The number of benzene rings is 1. The van der Waals surface area contributed by atoms with Crippen LogP contribution in [0, 0.1) is 5.82 Å². The predicted octanol–water partition coefficient (Wildman–Crippen LogP) is 5.58. The summed E-state index contributed by atoms with van der Waals surface area (Å²) in [4.78, 5) is 23.8. The van der Waals surface area contributed by atoms with E-state index >= 15 is 4.39 Å². The van der Waals surface area contributed by atoms with Crippen molar-refractivity contribution in [3.63, 3.8) is 0 Å². The first-order valence-electron chi connectivity index (χ1n) is 13.4. The van der Waals surface area contributed by atoms with E-state index in [4.69, 9.17) is 14.7 Å². The number of fused-ring (bicyclic) bond motifs is 2. The van der Waals surface area contributed by atoms with Gasteiger partial charge in [0.25, 0.3) is 0 Å². The summed E-state index contributed by atoms with van der Waals surface area (Å²) in [6, 6.07) is 5.03. The molecular formula is C28H32F3N5O2. The highest BCUT2D eigenvalue weighted by Gasteiger charge is 2.39. The van der Waals surface area contributed by atoms with Gasteiger partial charge in [-0.25, -0.2) is 22.9 Å². The summed E-state index contributed by atoms with van der Waals surface area (Å²) >= 11 is 0. The molecule has 2 aliphatic heterocycles. The number of halogens is 3. The van der Waals surface area contributed by atoms with E-state index in [2.05, 4.69) is 5.32 Å². The Morgan fingerprint density at radius 2 is 1.87 bits per heavy atom. The summed E-state index contributed by atoms with van der Waals surface area (Å²) < 4.78 is 51.0. The molecule has 7 nitrogen and oxygen atoms in total. The van der Waals surface area contributed by atoms with Crippen molar-refractivity contribution in [1.82, 2.24) is 24.8 Å². The van der Waals surface area contributed by atoms with E-state index in [9.17, 15) is 13.6 Å². The lowest BCUT2D eigenvalue weighted by Crippen LogP contribution is -2.43. The number of ether oxygens (including phenoxy) is 1. The maximum Gasteiger partial charge on any atom is 0.317 e. The molecule has 2 amide bonds. The molecule has 1 N–H and O–H groups in total. The minimum absolute atomic E-state index is 0.134. The molecule has 0 bridgehead atoms. The van der Waals surface area contributed by atoms with E-state index in [0.29, 0.717) is 67.5 Å². The third kappa shape index (κ3) is 4.52. The quantitative estimate of drug-likeness (QED) is 0.483. The number of rotatable bonds is 3. The molecule has 2 fully saturated rings. The largest absolute Gasteiger partial charge is 0.381 e. The number of nitrogens with one attached hydrogen (secondary N) is 1. The third-order valence-electron chi connectivity index (χ3n) is 8.37. The minimum Gasteiger partial charge on any atom is -0.381 e. The van der Waals surface area contributed by atoms with E-state index in [-0.39, 0.29) is 31.3 Å². The van der Waals surface area contributed by atoms with Gasteiger partial charge in [0, 0.05) is 80.9 Å². The first kappa shape index (κ1) is 25.2. The molecule has 1 aromatic carbocycles. The molecule has 0 radical (unpaired) electrons. The van der Waals surface area contributed by atoms with Crippen molar-refractivity contribution in [2.24, 2.45) is 0 Å². The van der Waals surface area contributed by atoms with E-state index in [1.165, 1.54) is 6.07 Å². The lowest BCUT2D eigenvalue weighted by atomic mass is 9.86. The van der Waals surface area contributed by atoms with Gasteiger partial charge in [-0.3, -0.25) is 4.98 Å². The molecular weight excluding hydrogens is 495 g/mol. The van der Waals surface area contributed by atoms with Crippen molar-refractivity contribution < 1.29 is 22.7 Å². The van der Waals surface area contributed by atoms with Crippen LogP contribution in [-0.2, 0) is 17.8 Å². The van der Waals surface area contributed by atoms with Gasteiger partial charge >= 0.3 is 6.03 Å². The summed E-state index contributed by atoms with van der Waals surface area (Å²) in [5.41, 5.74) is 2.52. The molecule has 10 heteroatoms. The van der Waals surface area contributed by atoms with Gasteiger partial charge in [0.05, 0.1) is 17.9 Å². The molecule has 4 heterocycles. The summed E-state index contributed by atoms with van der Waals surface area (Å²) in [5.74, 6) is -2.19. The van der Waals surface area contributed by atoms with Gasteiger partial charge in [0.15, 0.2) is 0 Å². The van der Waals surface area contributed by atoms with Crippen molar-refractivity contribution in [3.8, 4) is 11.3 Å². The predicted molar refractivity (Wildman–Crippen MR) is 137 cm³/mol. The average molecular weight is 528 g/mol. The average Bonchev–Trinajstić information content (AvgIpc) is 3.31. The number of carbonyl (C=O) groups is 1. The molecule has 1 aliphatic carbocycles. The summed E-state index contributed by atoms with van der Waals surface area (Å²) in [6.07, 6.45) is 3.83. The zero-order valence-electron chi connectivity index (χ0n) is 21.5. The lowest BCUT2D eigenvalue weighted by molar-refractivity contribution is -0.0390. The molecule has 2 aromatic heterocycles. The summed E-state index contributed by atoms with van der Waals surface area (Å²) in [5, 5.41) is 4.19. The fourth-order valence-corrected chi connectivity index (χ4v) is 6.20. The van der Waals surface area contributed by atoms with Crippen LogP contribution in [0.4, 0.5) is 18.0 Å². The molecule has 3 aliphatic rings. The number of urea groups is 1. The molecule has 1 saturated carbocycles. The van der Waals surface area contributed by atoms with Crippen LogP contribution in [0.5, 0.6) is 0 Å². The van der Waals surface area contributed by atoms with E-state index in [1.54, 1.807) is 24.2 Å². The molecule has 0 spiro atoms. The van der Waals surface area contributed by atoms with Crippen molar-refractivity contribution >= 4 is 16.8 Å². The number of amides is 2. The summed E-state index contributed by atoms with van der Waals surface area (Å²) in [7, 11) is 1.58. The van der Waals surface area contributed by atoms with Crippen LogP contribution in [0.2, 0.25) is 0 Å². The van der Waals surface area contributed by atoms with Gasteiger partial charge < -0.3 is 19.5 Å². The van der Waals surface area contributed by atoms with Crippen LogP contribution in [0.25, 0.3) is 22.0 Å². The smallest absolute Gasteiger partial charge is 0.317 e. The number of pyridine rings is 1. The molecule has 0 unspecified atom stereocenters. The number of imidazole rings is 1. The standard InChI is InChI=1S/C28H32F3N5O2/c1-32-27(37)35-10-11-36-23(16-35)25(34-26(36)18-4-8-28(30,31)9-5-18)24-20-15-33-22(17-6-12-38-13-7-17)14-19(20)2-3-21(24)29/h2-3,14-15,17-18H,4-13,16H2,1H3,(H,32,37). The molecule has 0 atom stereocenters. The van der Waals surface area contributed by atoms with E-state index in [0.717, 1.165) is 29.6 Å². The number of hydrogen-bond donors (Lipinski definition) is 1. The van der Waals surface area contributed by atoms with Crippen molar-refractivity contribution in [1.29, 1.82) is 0 Å². The van der Waals surface area contributed by atoms with Crippen molar-refractivity contribution in [2.75, 3.05) is 26.8 Å². The Morgan fingerprint density at radius 1 is 1.11 bits per heavy atom. The zero-order chi connectivity index (χ0) is 26.4. The second-order valence-electron chi connectivity index (χ2n) is 10.7. The third-order valence-corrected chi connectivity index (χ3v) is 8.37. The van der Waals surface area contributed by atoms with Gasteiger partial charge in [-0.05, 0) is 43.2 Å². The zero-order valence-corrected chi connectivity index (χ0v) is 21.5. The van der Waals surface area contributed by atoms with Crippen LogP contribution in [0.1, 0.15) is 67.6 Å². The Bertz CT molecular complexity index is 1360. The maximum atomic E-state index is 15.6. The lowest BCUT2D eigenvalue weighted by Gasteiger charge is -2.32. The second kappa shape index (κ2) is 9.87. The van der Waals surface area contributed by atoms with Gasteiger partial charge in [0.1, 0.15) is 11.6 Å². The van der Waals surface area contributed by atoms with E-state index in [1.807, 2.05) is 10.6 Å². The summed E-state index contributed by atoms with van der Waals surface area (Å²) in [6.45, 7) is 2.62. The number of alkyl halides is 2. The highest BCUT2D eigenvalue weighted by Crippen LogP contribution is 2.43. The molecule has 1 saturated heterocycles. The van der Waals surface area contributed by atoms with Gasteiger partial charge in [-0.2, -0.15) is 0 Å². The Balaban J connectivity index is 1.46. The molecule has 3 aromatic rings. The monoisotopic (exact) mass is 527 g/mol. The fraction of sp³-hybridized carbons (Fsp3) is 0.536. The van der Waals surface area contributed by atoms with Gasteiger partial charge in [-0.1, -0.05) is 6.07 Å². The first-order valence-corrected chi connectivity index (χ1v) is 13.4. The van der Waals surface area contributed by atoms with Crippen LogP contribution in [-0.4, -0.2) is 58.2 Å². The Morgan fingerprint density at radius 3 is 2.61 bits per heavy atom. The van der Waals surface area contributed by atoms with Crippen molar-refractivity contribution in [2.45, 2.75) is 69.4 Å². The first-order chi connectivity index (χ1) is 18.3. The van der Waals surface area contributed by atoms with Crippen molar-refractivity contribution in [3.05, 3.63) is 47.4 Å².